The van der Waals surface area contributed by atoms with Crippen molar-refractivity contribution in [2.24, 2.45) is 5.41 Å². The van der Waals surface area contributed by atoms with E-state index in [2.05, 4.69) is 32.0 Å². The van der Waals surface area contributed by atoms with E-state index in [1.807, 2.05) is 12.1 Å². The number of methoxy groups -OCH3 is 1. The second kappa shape index (κ2) is 12.9. The molecule has 2 aromatic heterocycles. The van der Waals surface area contributed by atoms with Crippen LogP contribution in [0.5, 0.6) is 0 Å². The molecule has 1 aliphatic heterocycles. The zero-order valence-electron chi connectivity index (χ0n) is 20.7. The highest BCUT2D eigenvalue weighted by Crippen LogP contribution is 2.36. The molecule has 0 unspecified atom stereocenters. The SMILES string of the molecule is COCCNC1CCC(Nc2cc(-c3cc(NCC4(C#N)CCOCC4)cnc3Cl)c(Cl)cn2)CC1. The first-order valence-corrected chi connectivity index (χ1v) is 13.3. The Labute approximate surface area is 223 Å². The number of hydrogen-bond acceptors (Lipinski definition) is 8. The van der Waals surface area contributed by atoms with E-state index in [-0.39, 0.29) is 0 Å². The summed E-state index contributed by atoms with van der Waals surface area (Å²) in [6.45, 7) is 3.35. The van der Waals surface area contributed by atoms with E-state index in [1.54, 1.807) is 19.5 Å². The standard InChI is InChI=1S/C26H34Cl2N6O2/c1-35-11-8-30-18-2-4-19(5-3-18)34-24-13-21(23(27)15-31-24)22-12-20(14-32-25(22)28)33-17-26(16-29)6-9-36-10-7-26/h12-15,18-19,30,33H,2-11,17H2,1H3,(H,31,34). The molecular formula is C26H34Cl2N6O2. The molecule has 0 bridgehead atoms. The van der Waals surface area contributed by atoms with E-state index in [0.717, 1.165) is 61.5 Å². The highest BCUT2D eigenvalue weighted by molar-refractivity contribution is 6.36. The number of aromatic nitrogens is 2. The van der Waals surface area contributed by atoms with Gasteiger partial charge in [-0.25, -0.2) is 9.97 Å². The summed E-state index contributed by atoms with van der Waals surface area (Å²) in [4.78, 5) is 8.88. The molecule has 0 radical (unpaired) electrons. The fraction of sp³-hybridized carbons (Fsp3) is 0.577. The average Bonchev–Trinajstić information content (AvgIpc) is 2.91. The molecule has 36 heavy (non-hydrogen) atoms. The molecule has 1 aliphatic carbocycles. The largest absolute Gasteiger partial charge is 0.383 e. The lowest BCUT2D eigenvalue weighted by molar-refractivity contribution is 0.0456. The first-order chi connectivity index (χ1) is 17.5. The van der Waals surface area contributed by atoms with Crippen LogP contribution in [0.2, 0.25) is 10.2 Å². The van der Waals surface area contributed by atoms with Gasteiger partial charge < -0.3 is 25.4 Å². The smallest absolute Gasteiger partial charge is 0.137 e. The maximum Gasteiger partial charge on any atom is 0.137 e. The van der Waals surface area contributed by atoms with Gasteiger partial charge in [0.1, 0.15) is 11.0 Å². The average molecular weight is 534 g/mol. The van der Waals surface area contributed by atoms with Crippen LogP contribution in [0.4, 0.5) is 11.5 Å². The van der Waals surface area contributed by atoms with Crippen molar-refractivity contribution in [2.75, 3.05) is 50.7 Å². The van der Waals surface area contributed by atoms with E-state index in [9.17, 15) is 5.26 Å². The Balaban J connectivity index is 1.42. The molecule has 0 aromatic carbocycles. The van der Waals surface area contributed by atoms with Crippen molar-refractivity contribution in [1.29, 1.82) is 5.26 Å². The van der Waals surface area contributed by atoms with Gasteiger partial charge in [0.2, 0.25) is 0 Å². The molecule has 10 heteroatoms. The van der Waals surface area contributed by atoms with Gasteiger partial charge in [-0.3, -0.25) is 0 Å². The van der Waals surface area contributed by atoms with Crippen molar-refractivity contribution in [3.63, 3.8) is 0 Å². The molecule has 2 fully saturated rings. The van der Waals surface area contributed by atoms with Crippen LogP contribution in [-0.4, -0.2) is 62.1 Å². The van der Waals surface area contributed by atoms with Crippen LogP contribution in [0.3, 0.4) is 0 Å². The minimum Gasteiger partial charge on any atom is -0.383 e. The zero-order chi connectivity index (χ0) is 25.4. The summed E-state index contributed by atoms with van der Waals surface area (Å²) < 4.78 is 10.6. The summed E-state index contributed by atoms with van der Waals surface area (Å²) in [5, 5.41) is 21.1. The second-order valence-corrected chi connectivity index (χ2v) is 10.4. The van der Waals surface area contributed by atoms with Crippen molar-refractivity contribution in [1.82, 2.24) is 15.3 Å². The van der Waals surface area contributed by atoms with Crippen LogP contribution in [0.25, 0.3) is 11.1 Å². The monoisotopic (exact) mass is 532 g/mol. The molecule has 4 rings (SSSR count). The van der Waals surface area contributed by atoms with Crippen LogP contribution < -0.4 is 16.0 Å². The second-order valence-electron chi connectivity index (χ2n) is 9.61. The Bertz CT molecular complexity index is 1050. The lowest BCUT2D eigenvalue weighted by Gasteiger charge is -2.31. The molecule has 2 aromatic rings. The summed E-state index contributed by atoms with van der Waals surface area (Å²) in [6.07, 6.45) is 9.11. The molecule has 8 nitrogen and oxygen atoms in total. The molecule has 194 valence electrons. The van der Waals surface area contributed by atoms with Crippen molar-refractivity contribution >= 4 is 34.7 Å². The summed E-state index contributed by atoms with van der Waals surface area (Å²) in [6, 6.07) is 7.24. The summed E-state index contributed by atoms with van der Waals surface area (Å²) in [5.41, 5.74) is 1.84. The van der Waals surface area contributed by atoms with Gasteiger partial charge in [-0.1, -0.05) is 23.2 Å². The summed E-state index contributed by atoms with van der Waals surface area (Å²) in [5.74, 6) is 0.769. The molecule has 2 aliphatic rings. The maximum atomic E-state index is 9.74. The predicted molar refractivity (Wildman–Crippen MR) is 144 cm³/mol. The van der Waals surface area contributed by atoms with Crippen molar-refractivity contribution < 1.29 is 9.47 Å². The number of nitriles is 1. The Hall–Kier alpha value is -2.15. The first kappa shape index (κ1) is 26.9. The first-order valence-electron chi connectivity index (χ1n) is 12.5. The van der Waals surface area contributed by atoms with Gasteiger partial charge in [0.05, 0.1) is 35.0 Å². The van der Waals surface area contributed by atoms with E-state index in [4.69, 9.17) is 32.7 Å². The van der Waals surface area contributed by atoms with Crippen molar-refractivity contribution in [2.45, 2.75) is 50.6 Å². The van der Waals surface area contributed by atoms with Crippen LogP contribution in [-0.2, 0) is 9.47 Å². The van der Waals surface area contributed by atoms with Crippen LogP contribution in [0, 0.1) is 16.7 Å². The van der Waals surface area contributed by atoms with Gasteiger partial charge in [-0.05, 0) is 50.7 Å². The fourth-order valence-electron chi connectivity index (χ4n) is 4.84. The number of pyridine rings is 2. The number of hydrogen-bond donors (Lipinski definition) is 3. The maximum absolute atomic E-state index is 9.74. The number of nitrogens with zero attached hydrogens (tertiary/aromatic N) is 3. The highest BCUT2D eigenvalue weighted by atomic mass is 35.5. The van der Waals surface area contributed by atoms with Gasteiger partial charge in [0, 0.05) is 62.8 Å². The molecule has 0 atom stereocenters. The summed E-state index contributed by atoms with van der Waals surface area (Å²) >= 11 is 13.0. The molecule has 1 saturated carbocycles. The van der Waals surface area contributed by atoms with Gasteiger partial charge in [0.25, 0.3) is 0 Å². The zero-order valence-corrected chi connectivity index (χ0v) is 22.2. The number of halogens is 2. The van der Waals surface area contributed by atoms with Crippen LogP contribution in [0.15, 0.2) is 24.5 Å². The Morgan fingerprint density at radius 2 is 1.83 bits per heavy atom. The lowest BCUT2D eigenvalue weighted by Crippen LogP contribution is -2.38. The van der Waals surface area contributed by atoms with E-state index < -0.39 is 5.41 Å². The number of rotatable bonds is 10. The third kappa shape index (κ3) is 6.99. The van der Waals surface area contributed by atoms with Gasteiger partial charge >= 0.3 is 0 Å². The Kier molecular flexibility index (Phi) is 9.63. The van der Waals surface area contributed by atoms with Gasteiger partial charge in [-0.15, -0.1) is 0 Å². The topological polar surface area (TPSA) is 104 Å². The van der Waals surface area contributed by atoms with Crippen molar-refractivity contribution in [3.8, 4) is 17.2 Å². The van der Waals surface area contributed by atoms with E-state index in [1.165, 1.54) is 0 Å². The third-order valence-electron chi connectivity index (χ3n) is 7.12. The van der Waals surface area contributed by atoms with Crippen LogP contribution in [0.1, 0.15) is 38.5 Å². The molecule has 0 amide bonds. The van der Waals surface area contributed by atoms with Gasteiger partial charge in [0.15, 0.2) is 0 Å². The lowest BCUT2D eigenvalue weighted by atomic mass is 9.81. The summed E-state index contributed by atoms with van der Waals surface area (Å²) in [7, 11) is 1.73. The predicted octanol–water partition coefficient (Wildman–Crippen LogP) is 5.14. The Morgan fingerprint density at radius 3 is 2.56 bits per heavy atom. The number of nitrogens with one attached hydrogen (secondary N) is 3. The normalized spacial score (nSPS) is 21.5. The quantitative estimate of drug-likeness (QED) is 0.285. The molecule has 0 spiro atoms. The number of anilines is 2. The molecular weight excluding hydrogens is 499 g/mol. The minimum atomic E-state index is -0.443. The third-order valence-corrected chi connectivity index (χ3v) is 7.72. The van der Waals surface area contributed by atoms with E-state index in [0.29, 0.717) is 54.9 Å². The minimum absolute atomic E-state index is 0.357. The highest BCUT2D eigenvalue weighted by Gasteiger charge is 2.32. The Morgan fingerprint density at radius 1 is 1.08 bits per heavy atom. The van der Waals surface area contributed by atoms with E-state index >= 15 is 0 Å². The fourth-order valence-corrected chi connectivity index (χ4v) is 5.25. The van der Waals surface area contributed by atoms with Crippen molar-refractivity contribution in [3.05, 3.63) is 34.7 Å². The van der Waals surface area contributed by atoms with Gasteiger partial charge in [-0.2, -0.15) is 5.26 Å². The number of ether oxygens (including phenoxy) is 2. The molecule has 1 saturated heterocycles. The van der Waals surface area contributed by atoms with Crippen LogP contribution >= 0.6 is 23.2 Å². The molecule has 3 heterocycles. The molecule has 3 N–H and O–H groups in total.